The Kier molecular flexibility index (Phi) is 8.89. The number of nitro groups is 1. The lowest BCUT2D eigenvalue weighted by Gasteiger charge is -2.22. The molecule has 0 radical (unpaired) electrons. The quantitative estimate of drug-likeness (QED) is 0.109. The van der Waals surface area contributed by atoms with Gasteiger partial charge in [0.05, 0.1) is 22.0 Å². The lowest BCUT2D eigenvalue weighted by atomic mass is 9.88. The molecule has 1 saturated carbocycles. The monoisotopic (exact) mass is 706 g/mol. The highest BCUT2D eigenvalue weighted by Crippen LogP contribution is 2.36. The van der Waals surface area contributed by atoms with Crippen LogP contribution in [0.4, 0.5) is 5.69 Å². The van der Waals surface area contributed by atoms with Crippen LogP contribution < -0.4 is 10.3 Å². The molecule has 0 unspecified atom stereocenters. The zero-order valence-corrected chi connectivity index (χ0v) is 25.6. The van der Waals surface area contributed by atoms with E-state index in [0.29, 0.717) is 42.4 Å². The summed E-state index contributed by atoms with van der Waals surface area (Å²) in [5, 5.41) is 17.8. The van der Waals surface area contributed by atoms with Gasteiger partial charge in [-0.3, -0.25) is 14.9 Å². The number of nitro benzene ring substituents is 1. The van der Waals surface area contributed by atoms with Crippen molar-refractivity contribution in [2.24, 2.45) is 5.10 Å². The molecule has 0 atom stereocenters. The highest BCUT2D eigenvalue weighted by Gasteiger charge is 2.24. The first-order valence-corrected chi connectivity index (χ1v) is 14.9. The van der Waals surface area contributed by atoms with Crippen molar-refractivity contribution in [3.63, 3.8) is 0 Å². The molecule has 1 fully saturated rings. The molecule has 0 saturated heterocycles. The van der Waals surface area contributed by atoms with E-state index < -0.39 is 4.92 Å². The van der Waals surface area contributed by atoms with Gasteiger partial charge in [-0.1, -0.05) is 80.4 Å². The van der Waals surface area contributed by atoms with Crippen LogP contribution in [0.2, 0.25) is 10.0 Å². The van der Waals surface area contributed by atoms with E-state index in [0.717, 1.165) is 36.6 Å². The summed E-state index contributed by atoms with van der Waals surface area (Å²) in [6, 6.07) is 13.3. The summed E-state index contributed by atoms with van der Waals surface area (Å²) in [6.07, 6.45) is 6.45. The predicted molar refractivity (Wildman–Crippen MR) is 164 cm³/mol. The maximum absolute atomic E-state index is 13.7. The van der Waals surface area contributed by atoms with Crippen molar-refractivity contribution in [3.8, 4) is 5.75 Å². The molecule has 0 aliphatic heterocycles. The Bertz CT molecular complexity index is 1700. The fourth-order valence-corrected chi connectivity index (χ4v) is 6.09. The first-order chi connectivity index (χ1) is 19.2. The SMILES string of the molecule is O=c1c2cc(Br)ccc2nc(C2CCCCC2)n1N=Cc1cc(Br)cc([N+](=O)[O-])c1OCc1ccc(Cl)cc1Cl. The van der Waals surface area contributed by atoms with Gasteiger partial charge in [0, 0.05) is 42.1 Å². The minimum absolute atomic E-state index is 0.00766. The van der Waals surface area contributed by atoms with Crippen LogP contribution in [0.5, 0.6) is 5.75 Å². The Morgan fingerprint density at radius 1 is 1.07 bits per heavy atom. The molecule has 40 heavy (non-hydrogen) atoms. The molecule has 0 bridgehead atoms. The Morgan fingerprint density at radius 2 is 1.85 bits per heavy atom. The Hall–Kier alpha value is -2.79. The molecule has 1 aliphatic rings. The molecule has 0 amide bonds. The van der Waals surface area contributed by atoms with Crippen LogP contribution in [-0.2, 0) is 6.61 Å². The van der Waals surface area contributed by atoms with E-state index in [-0.39, 0.29) is 29.5 Å². The zero-order valence-electron chi connectivity index (χ0n) is 20.9. The maximum Gasteiger partial charge on any atom is 0.312 e. The van der Waals surface area contributed by atoms with E-state index in [1.54, 1.807) is 30.3 Å². The van der Waals surface area contributed by atoms with E-state index in [1.807, 2.05) is 12.1 Å². The van der Waals surface area contributed by atoms with Crippen molar-refractivity contribution in [1.29, 1.82) is 0 Å². The number of fused-ring (bicyclic) bond motifs is 1. The number of halogens is 4. The summed E-state index contributed by atoms with van der Waals surface area (Å²) < 4.78 is 8.47. The van der Waals surface area contributed by atoms with Gasteiger partial charge in [0.15, 0.2) is 0 Å². The van der Waals surface area contributed by atoms with Gasteiger partial charge in [-0.05, 0) is 49.2 Å². The number of aromatic nitrogens is 2. The summed E-state index contributed by atoms with van der Waals surface area (Å²) in [6.45, 7) is -0.0435. The van der Waals surface area contributed by atoms with Crippen molar-refractivity contribution >= 4 is 77.9 Å². The molecule has 5 rings (SSSR count). The van der Waals surface area contributed by atoms with Crippen molar-refractivity contribution < 1.29 is 9.66 Å². The number of rotatable bonds is 7. The second-order valence-electron chi connectivity index (χ2n) is 9.45. The largest absolute Gasteiger partial charge is 0.481 e. The van der Waals surface area contributed by atoms with E-state index >= 15 is 0 Å². The number of hydrogen-bond acceptors (Lipinski definition) is 6. The Balaban J connectivity index is 1.61. The third kappa shape index (κ3) is 6.25. The second kappa shape index (κ2) is 12.4. The van der Waals surface area contributed by atoms with Gasteiger partial charge in [-0.2, -0.15) is 9.78 Å². The fourth-order valence-electron chi connectivity index (χ4n) is 4.80. The number of nitrogens with zero attached hydrogens (tertiary/aromatic N) is 4. The molecular formula is C28H22Br2Cl2N4O4. The smallest absolute Gasteiger partial charge is 0.312 e. The van der Waals surface area contributed by atoms with Crippen LogP contribution in [0.15, 0.2) is 67.4 Å². The molecule has 0 spiro atoms. The van der Waals surface area contributed by atoms with Crippen molar-refractivity contribution in [2.75, 3.05) is 0 Å². The number of ether oxygens (including phenoxy) is 1. The van der Waals surface area contributed by atoms with Gasteiger partial charge >= 0.3 is 5.69 Å². The molecule has 12 heteroatoms. The van der Waals surface area contributed by atoms with Gasteiger partial charge in [-0.15, -0.1) is 0 Å². The molecule has 0 N–H and O–H groups in total. The number of hydrogen-bond donors (Lipinski definition) is 0. The van der Waals surface area contributed by atoms with Crippen LogP contribution >= 0.6 is 55.1 Å². The van der Waals surface area contributed by atoms with E-state index in [4.69, 9.17) is 32.9 Å². The van der Waals surface area contributed by atoms with Gasteiger partial charge in [0.1, 0.15) is 12.4 Å². The molecule has 3 aromatic carbocycles. The first-order valence-electron chi connectivity index (χ1n) is 12.5. The maximum atomic E-state index is 13.7. The minimum Gasteiger partial charge on any atom is -0.481 e. The predicted octanol–water partition coefficient (Wildman–Crippen LogP) is 8.65. The molecule has 1 heterocycles. The van der Waals surface area contributed by atoms with Crippen LogP contribution in [-0.4, -0.2) is 20.8 Å². The second-order valence-corrected chi connectivity index (χ2v) is 12.1. The molecule has 1 aliphatic carbocycles. The van der Waals surface area contributed by atoms with Crippen LogP contribution in [0.1, 0.15) is 55.0 Å². The summed E-state index contributed by atoms with van der Waals surface area (Å²) in [4.78, 5) is 30.0. The van der Waals surface area contributed by atoms with Crippen LogP contribution in [0.25, 0.3) is 10.9 Å². The van der Waals surface area contributed by atoms with E-state index in [2.05, 4.69) is 37.0 Å². The molecular weight excluding hydrogens is 687 g/mol. The average molecular weight is 709 g/mol. The third-order valence-electron chi connectivity index (χ3n) is 6.76. The summed E-state index contributed by atoms with van der Waals surface area (Å²) in [5.74, 6) is 0.647. The van der Waals surface area contributed by atoms with Crippen LogP contribution in [0, 0.1) is 10.1 Å². The molecule has 8 nitrogen and oxygen atoms in total. The lowest BCUT2D eigenvalue weighted by Crippen LogP contribution is -2.25. The average Bonchev–Trinajstić information content (AvgIpc) is 2.93. The molecule has 1 aromatic heterocycles. The summed E-state index contributed by atoms with van der Waals surface area (Å²) >= 11 is 19.1. The normalized spacial score (nSPS) is 14.2. The van der Waals surface area contributed by atoms with Gasteiger partial charge in [0.25, 0.3) is 5.56 Å². The van der Waals surface area contributed by atoms with E-state index in [1.165, 1.54) is 17.0 Å². The van der Waals surface area contributed by atoms with Gasteiger partial charge in [0.2, 0.25) is 5.75 Å². The fraction of sp³-hybridized carbons (Fsp3) is 0.250. The standard InChI is InChI=1S/C28H22Br2Cl2N4O4/c29-19-7-9-24-22(11-19)28(37)35(27(34-24)16-4-2-1-3-5-16)33-14-18-10-20(30)12-25(36(38)39)26(18)40-15-17-6-8-21(31)13-23(17)32/h6-14,16H,1-5,15H2. The minimum atomic E-state index is -0.532. The van der Waals surface area contributed by atoms with Gasteiger partial charge in [-0.25, -0.2) is 4.98 Å². The topological polar surface area (TPSA) is 99.6 Å². The number of benzene rings is 3. The molecule has 4 aromatic rings. The first kappa shape index (κ1) is 28.7. The summed E-state index contributed by atoms with van der Waals surface area (Å²) in [5.41, 5.74) is 0.930. The zero-order chi connectivity index (χ0) is 28.4. The van der Waals surface area contributed by atoms with Crippen molar-refractivity contribution in [2.45, 2.75) is 44.6 Å². The van der Waals surface area contributed by atoms with Gasteiger partial charge < -0.3 is 4.74 Å². The van der Waals surface area contributed by atoms with Crippen LogP contribution in [0.3, 0.4) is 0 Å². The lowest BCUT2D eigenvalue weighted by molar-refractivity contribution is -0.386. The summed E-state index contributed by atoms with van der Waals surface area (Å²) in [7, 11) is 0. The van der Waals surface area contributed by atoms with E-state index in [9.17, 15) is 14.9 Å². The van der Waals surface area contributed by atoms with Crippen molar-refractivity contribution in [1.82, 2.24) is 9.66 Å². The Morgan fingerprint density at radius 3 is 2.58 bits per heavy atom. The Labute approximate surface area is 256 Å². The van der Waals surface area contributed by atoms with Crippen molar-refractivity contribution in [3.05, 3.63) is 105 Å². The molecule has 206 valence electrons. The highest BCUT2D eigenvalue weighted by atomic mass is 79.9. The highest BCUT2D eigenvalue weighted by molar-refractivity contribution is 9.10. The third-order valence-corrected chi connectivity index (χ3v) is 8.30.